The third-order valence-corrected chi connectivity index (χ3v) is 4.39. The molecule has 0 aliphatic rings. The van der Waals surface area contributed by atoms with Crippen molar-refractivity contribution in [3.05, 3.63) is 89.7 Å². The van der Waals surface area contributed by atoms with Gasteiger partial charge in [-0.1, -0.05) is 12.1 Å². The van der Waals surface area contributed by atoms with Crippen molar-refractivity contribution in [2.75, 3.05) is 17.2 Å². The molecule has 7 heteroatoms. The van der Waals surface area contributed by atoms with E-state index in [9.17, 15) is 14.3 Å². The van der Waals surface area contributed by atoms with E-state index >= 15 is 0 Å². The van der Waals surface area contributed by atoms with Crippen LogP contribution in [0.4, 0.5) is 15.8 Å². The van der Waals surface area contributed by atoms with E-state index in [4.69, 9.17) is 12.2 Å². The molecule has 0 heterocycles. The summed E-state index contributed by atoms with van der Waals surface area (Å²) < 4.78 is 12.9. The SMILES string of the molecule is O=C(Nc1ccc(NC(=S)NCCc2ccc(F)cc2)cc1)c1ccc(O)cc1. The second-order valence-corrected chi connectivity index (χ2v) is 6.74. The molecule has 29 heavy (non-hydrogen) atoms. The number of nitrogens with one attached hydrogen (secondary N) is 3. The Balaban J connectivity index is 1.45. The number of amides is 1. The number of aromatic hydroxyl groups is 1. The lowest BCUT2D eigenvalue weighted by Crippen LogP contribution is -2.30. The van der Waals surface area contributed by atoms with E-state index in [2.05, 4.69) is 16.0 Å². The Labute approximate surface area is 173 Å². The van der Waals surface area contributed by atoms with Crippen LogP contribution in [0.5, 0.6) is 5.75 Å². The fraction of sp³-hybridized carbons (Fsp3) is 0.0909. The lowest BCUT2D eigenvalue weighted by atomic mass is 10.1. The Morgan fingerprint density at radius 2 is 1.45 bits per heavy atom. The molecule has 0 spiro atoms. The molecule has 4 N–H and O–H groups in total. The average molecular weight is 409 g/mol. The number of halogens is 1. The van der Waals surface area contributed by atoms with Crippen molar-refractivity contribution in [3.63, 3.8) is 0 Å². The van der Waals surface area contributed by atoms with Gasteiger partial charge in [-0.3, -0.25) is 4.79 Å². The molecule has 0 aliphatic heterocycles. The summed E-state index contributed by atoms with van der Waals surface area (Å²) in [7, 11) is 0. The van der Waals surface area contributed by atoms with Crippen LogP contribution in [0.3, 0.4) is 0 Å². The number of thiocarbonyl (C=S) groups is 1. The zero-order chi connectivity index (χ0) is 20.6. The number of benzene rings is 3. The fourth-order valence-electron chi connectivity index (χ4n) is 2.60. The number of carbonyl (C=O) groups excluding carboxylic acids is 1. The Bertz CT molecular complexity index is 974. The highest BCUT2D eigenvalue weighted by atomic mass is 32.1. The molecule has 0 radical (unpaired) electrons. The molecule has 3 aromatic rings. The maximum atomic E-state index is 12.9. The predicted molar refractivity (Wildman–Crippen MR) is 117 cm³/mol. The van der Waals surface area contributed by atoms with Gasteiger partial charge < -0.3 is 21.1 Å². The van der Waals surface area contributed by atoms with Crippen molar-refractivity contribution >= 4 is 34.6 Å². The number of phenolic OH excluding ortho intramolecular Hbond substituents is 1. The minimum absolute atomic E-state index is 0.110. The Morgan fingerprint density at radius 1 is 0.862 bits per heavy atom. The quantitative estimate of drug-likeness (QED) is 0.457. The van der Waals surface area contributed by atoms with Gasteiger partial charge in [0.1, 0.15) is 11.6 Å². The number of carbonyl (C=O) groups is 1. The summed E-state index contributed by atoms with van der Waals surface area (Å²) in [5.74, 6) is -0.399. The normalized spacial score (nSPS) is 10.2. The number of hydrogen-bond donors (Lipinski definition) is 4. The summed E-state index contributed by atoms with van der Waals surface area (Å²) in [4.78, 5) is 12.2. The van der Waals surface area contributed by atoms with E-state index in [1.54, 1.807) is 48.5 Å². The van der Waals surface area contributed by atoms with Gasteiger partial charge in [-0.15, -0.1) is 0 Å². The Hall–Kier alpha value is -3.45. The summed E-state index contributed by atoms with van der Waals surface area (Å²) in [5, 5.41) is 18.7. The lowest BCUT2D eigenvalue weighted by Gasteiger charge is -2.11. The van der Waals surface area contributed by atoms with Gasteiger partial charge in [0, 0.05) is 23.5 Å². The molecule has 0 aliphatic carbocycles. The van der Waals surface area contributed by atoms with E-state index in [-0.39, 0.29) is 17.5 Å². The molecule has 0 bridgehead atoms. The smallest absolute Gasteiger partial charge is 0.255 e. The van der Waals surface area contributed by atoms with Crippen LogP contribution in [0.2, 0.25) is 0 Å². The Morgan fingerprint density at radius 3 is 2.07 bits per heavy atom. The lowest BCUT2D eigenvalue weighted by molar-refractivity contribution is 0.102. The minimum atomic E-state index is -0.260. The monoisotopic (exact) mass is 409 g/mol. The molecule has 0 unspecified atom stereocenters. The largest absolute Gasteiger partial charge is 0.508 e. The third-order valence-electron chi connectivity index (χ3n) is 4.14. The molecule has 5 nitrogen and oxygen atoms in total. The first-order chi connectivity index (χ1) is 14.0. The zero-order valence-electron chi connectivity index (χ0n) is 15.5. The minimum Gasteiger partial charge on any atom is -0.508 e. The van der Waals surface area contributed by atoms with Gasteiger partial charge in [0.2, 0.25) is 0 Å². The van der Waals surface area contributed by atoms with Crippen LogP contribution >= 0.6 is 12.2 Å². The summed E-state index contributed by atoms with van der Waals surface area (Å²) in [5.41, 5.74) is 2.91. The van der Waals surface area contributed by atoms with Gasteiger partial charge in [0.05, 0.1) is 0 Å². The van der Waals surface area contributed by atoms with Gasteiger partial charge in [0.25, 0.3) is 5.91 Å². The van der Waals surface area contributed by atoms with Crippen molar-refractivity contribution in [3.8, 4) is 5.75 Å². The van der Waals surface area contributed by atoms with Crippen molar-refractivity contribution in [1.82, 2.24) is 5.32 Å². The first-order valence-electron chi connectivity index (χ1n) is 8.99. The first-order valence-corrected chi connectivity index (χ1v) is 9.40. The highest BCUT2D eigenvalue weighted by molar-refractivity contribution is 7.80. The predicted octanol–water partition coefficient (Wildman–Crippen LogP) is 4.31. The van der Waals surface area contributed by atoms with Crippen LogP contribution in [0.15, 0.2) is 72.8 Å². The van der Waals surface area contributed by atoms with E-state index < -0.39 is 0 Å². The fourth-order valence-corrected chi connectivity index (χ4v) is 2.82. The van der Waals surface area contributed by atoms with Gasteiger partial charge in [-0.2, -0.15) is 0 Å². The zero-order valence-corrected chi connectivity index (χ0v) is 16.3. The average Bonchev–Trinajstić information content (AvgIpc) is 2.71. The highest BCUT2D eigenvalue weighted by Crippen LogP contribution is 2.16. The highest BCUT2D eigenvalue weighted by Gasteiger charge is 2.06. The summed E-state index contributed by atoms with van der Waals surface area (Å²) in [6, 6.07) is 19.6. The summed E-state index contributed by atoms with van der Waals surface area (Å²) >= 11 is 5.28. The van der Waals surface area contributed by atoms with E-state index in [0.717, 1.165) is 17.7 Å². The third kappa shape index (κ3) is 6.29. The molecule has 3 rings (SSSR count). The number of phenols is 1. The molecule has 0 saturated carbocycles. The van der Waals surface area contributed by atoms with Crippen molar-refractivity contribution in [1.29, 1.82) is 0 Å². The van der Waals surface area contributed by atoms with E-state index in [1.807, 2.05) is 0 Å². The summed E-state index contributed by atoms with van der Waals surface area (Å²) in [6.07, 6.45) is 0.727. The molecule has 0 aromatic heterocycles. The topological polar surface area (TPSA) is 73.4 Å². The van der Waals surface area contributed by atoms with Crippen LogP contribution in [-0.2, 0) is 6.42 Å². The molecule has 1 amide bonds. The molecular formula is C22H20FN3O2S. The number of anilines is 2. The number of hydrogen-bond acceptors (Lipinski definition) is 3. The molecule has 0 fully saturated rings. The van der Waals surface area contributed by atoms with E-state index in [0.29, 0.717) is 22.9 Å². The maximum Gasteiger partial charge on any atom is 0.255 e. The van der Waals surface area contributed by atoms with Crippen molar-refractivity contribution in [2.45, 2.75) is 6.42 Å². The second kappa shape index (κ2) is 9.66. The van der Waals surface area contributed by atoms with Crippen LogP contribution in [0.25, 0.3) is 0 Å². The van der Waals surface area contributed by atoms with E-state index in [1.165, 1.54) is 24.3 Å². The second-order valence-electron chi connectivity index (χ2n) is 6.34. The molecular weight excluding hydrogens is 389 g/mol. The maximum absolute atomic E-state index is 12.9. The van der Waals surface area contributed by atoms with Gasteiger partial charge >= 0.3 is 0 Å². The summed E-state index contributed by atoms with van der Waals surface area (Å²) in [6.45, 7) is 0.623. The first kappa shape index (κ1) is 20.3. The van der Waals surface area contributed by atoms with Crippen LogP contribution < -0.4 is 16.0 Å². The van der Waals surface area contributed by atoms with Crippen molar-refractivity contribution in [2.24, 2.45) is 0 Å². The molecule has 0 saturated heterocycles. The molecule has 148 valence electrons. The van der Waals surface area contributed by atoms with Gasteiger partial charge in [-0.05, 0) is 84.9 Å². The van der Waals surface area contributed by atoms with Crippen molar-refractivity contribution < 1.29 is 14.3 Å². The molecule has 0 atom stereocenters. The van der Waals surface area contributed by atoms with Gasteiger partial charge in [-0.25, -0.2) is 4.39 Å². The molecule has 3 aromatic carbocycles. The number of rotatable bonds is 6. The van der Waals surface area contributed by atoms with Crippen LogP contribution in [0.1, 0.15) is 15.9 Å². The van der Waals surface area contributed by atoms with Crippen LogP contribution in [-0.4, -0.2) is 22.7 Å². The standard InChI is InChI=1S/C22H20FN3O2S/c23-17-5-1-15(2-6-17)13-14-24-22(29)26-19-9-7-18(8-10-19)25-21(28)16-3-11-20(27)12-4-16/h1-12,27H,13-14H2,(H,25,28)(H2,24,26,29). The Kier molecular flexibility index (Phi) is 6.76. The van der Waals surface area contributed by atoms with Crippen LogP contribution in [0, 0.1) is 5.82 Å². The van der Waals surface area contributed by atoms with Gasteiger partial charge in [0.15, 0.2) is 5.11 Å².